The molecule has 0 atom stereocenters. The maximum atomic E-state index is 13.1. The van der Waals surface area contributed by atoms with E-state index in [4.69, 9.17) is 0 Å². The molecule has 1 heterocycles. The fourth-order valence-corrected chi connectivity index (χ4v) is 2.12. The van der Waals surface area contributed by atoms with E-state index < -0.39 is 5.92 Å². The van der Waals surface area contributed by atoms with E-state index in [1.807, 2.05) is 17.0 Å². The van der Waals surface area contributed by atoms with Crippen molar-refractivity contribution in [1.29, 1.82) is 0 Å². The van der Waals surface area contributed by atoms with Gasteiger partial charge in [-0.05, 0) is 19.1 Å². The predicted molar refractivity (Wildman–Crippen MR) is 62.8 cm³/mol. The van der Waals surface area contributed by atoms with E-state index in [1.165, 1.54) is 6.92 Å². The number of anilines is 1. The van der Waals surface area contributed by atoms with Gasteiger partial charge in [-0.3, -0.25) is 4.79 Å². The van der Waals surface area contributed by atoms with Crippen LogP contribution >= 0.6 is 0 Å². The highest BCUT2D eigenvalue weighted by atomic mass is 19.3. The standard InChI is InChI=1S/C13H15F2NO/c1-10(17)11-4-2-3-5-12(11)16-8-6-13(14,15)7-9-16/h2-5H,6-9H2,1H3. The SMILES string of the molecule is CC(=O)c1ccccc1N1CCC(F)(F)CC1. The number of nitrogens with zero attached hydrogens (tertiary/aromatic N) is 1. The molecule has 0 radical (unpaired) electrons. The maximum Gasteiger partial charge on any atom is 0.251 e. The van der Waals surface area contributed by atoms with Gasteiger partial charge in [0.15, 0.2) is 5.78 Å². The fourth-order valence-electron chi connectivity index (χ4n) is 2.12. The number of piperidine rings is 1. The Bertz CT molecular complexity index is 421. The van der Waals surface area contributed by atoms with Gasteiger partial charge in [0.1, 0.15) is 0 Å². The molecule has 0 aromatic heterocycles. The zero-order valence-corrected chi connectivity index (χ0v) is 9.75. The molecule has 1 fully saturated rings. The van der Waals surface area contributed by atoms with Crippen LogP contribution in [0.15, 0.2) is 24.3 Å². The Kier molecular flexibility index (Phi) is 3.13. The van der Waals surface area contributed by atoms with E-state index in [2.05, 4.69) is 0 Å². The Morgan fingerprint density at radius 1 is 1.24 bits per heavy atom. The number of carbonyl (C=O) groups is 1. The lowest BCUT2D eigenvalue weighted by Gasteiger charge is -2.34. The first kappa shape index (κ1) is 12.0. The van der Waals surface area contributed by atoms with Gasteiger partial charge in [0, 0.05) is 37.2 Å². The third kappa shape index (κ3) is 2.62. The molecule has 0 N–H and O–H groups in total. The van der Waals surface area contributed by atoms with Crippen LogP contribution in [0.5, 0.6) is 0 Å². The Morgan fingerprint density at radius 3 is 2.41 bits per heavy atom. The molecular formula is C13H15F2NO. The van der Waals surface area contributed by atoms with Gasteiger partial charge in [0.25, 0.3) is 5.92 Å². The summed E-state index contributed by atoms with van der Waals surface area (Å²) < 4.78 is 26.1. The van der Waals surface area contributed by atoms with Gasteiger partial charge < -0.3 is 4.90 Å². The quantitative estimate of drug-likeness (QED) is 0.739. The summed E-state index contributed by atoms with van der Waals surface area (Å²) in [4.78, 5) is 13.3. The van der Waals surface area contributed by atoms with Crippen molar-refractivity contribution >= 4 is 11.5 Å². The summed E-state index contributed by atoms with van der Waals surface area (Å²) in [7, 11) is 0. The first-order valence-corrected chi connectivity index (χ1v) is 5.72. The third-order valence-electron chi connectivity index (χ3n) is 3.12. The minimum Gasteiger partial charge on any atom is -0.370 e. The summed E-state index contributed by atoms with van der Waals surface area (Å²) in [6.45, 7) is 2.10. The number of alkyl halides is 2. The average molecular weight is 239 g/mol. The number of Topliss-reactive ketones (excluding diaryl/α,β-unsaturated/α-hetero) is 1. The summed E-state index contributed by atoms with van der Waals surface area (Å²) in [5.41, 5.74) is 1.38. The number of rotatable bonds is 2. The van der Waals surface area contributed by atoms with Gasteiger partial charge in [0.05, 0.1) is 0 Å². The van der Waals surface area contributed by atoms with Crippen molar-refractivity contribution in [3.05, 3.63) is 29.8 Å². The molecule has 2 nitrogen and oxygen atoms in total. The molecule has 0 spiro atoms. The molecule has 17 heavy (non-hydrogen) atoms. The lowest BCUT2D eigenvalue weighted by atomic mass is 10.0. The van der Waals surface area contributed by atoms with Gasteiger partial charge in [-0.1, -0.05) is 12.1 Å². The van der Waals surface area contributed by atoms with Crippen molar-refractivity contribution in [2.24, 2.45) is 0 Å². The van der Waals surface area contributed by atoms with Crippen molar-refractivity contribution in [3.63, 3.8) is 0 Å². The number of benzene rings is 1. The average Bonchev–Trinajstić information content (AvgIpc) is 2.29. The molecule has 2 rings (SSSR count). The van der Waals surface area contributed by atoms with Crippen molar-refractivity contribution in [2.45, 2.75) is 25.7 Å². The van der Waals surface area contributed by atoms with Crippen LogP contribution in [0.3, 0.4) is 0 Å². The van der Waals surface area contributed by atoms with Crippen LogP contribution in [0.25, 0.3) is 0 Å². The normalized spacial score (nSPS) is 19.1. The second-order valence-electron chi connectivity index (χ2n) is 4.42. The lowest BCUT2D eigenvalue weighted by molar-refractivity contribution is -0.0220. The molecule has 1 aromatic carbocycles. The summed E-state index contributed by atoms with van der Waals surface area (Å²) in [6.07, 6.45) is -0.279. The van der Waals surface area contributed by atoms with E-state index in [9.17, 15) is 13.6 Å². The van der Waals surface area contributed by atoms with Crippen molar-refractivity contribution in [1.82, 2.24) is 0 Å². The van der Waals surface area contributed by atoms with E-state index in [-0.39, 0.29) is 18.6 Å². The minimum atomic E-state index is -2.55. The van der Waals surface area contributed by atoms with E-state index in [0.717, 1.165) is 5.69 Å². The Labute approximate surface area is 99.2 Å². The van der Waals surface area contributed by atoms with Crippen LogP contribution in [0.2, 0.25) is 0 Å². The smallest absolute Gasteiger partial charge is 0.251 e. The van der Waals surface area contributed by atoms with E-state index in [0.29, 0.717) is 18.7 Å². The van der Waals surface area contributed by atoms with E-state index in [1.54, 1.807) is 12.1 Å². The molecule has 4 heteroatoms. The monoisotopic (exact) mass is 239 g/mol. The second kappa shape index (κ2) is 4.43. The largest absolute Gasteiger partial charge is 0.370 e. The molecule has 0 saturated carbocycles. The van der Waals surface area contributed by atoms with Gasteiger partial charge >= 0.3 is 0 Å². The summed E-state index contributed by atoms with van der Waals surface area (Å²) >= 11 is 0. The predicted octanol–water partition coefficient (Wildman–Crippen LogP) is 3.12. The van der Waals surface area contributed by atoms with Crippen LogP contribution in [0.4, 0.5) is 14.5 Å². The molecule has 1 aromatic rings. The molecule has 0 aliphatic carbocycles. The van der Waals surface area contributed by atoms with E-state index >= 15 is 0 Å². The highest BCUT2D eigenvalue weighted by Crippen LogP contribution is 2.31. The van der Waals surface area contributed by atoms with Crippen LogP contribution in [0.1, 0.15) is 30.1 Å². The van der Waals surface area contributed by atoms with Crippen LogP contribution in [-0.2, 0) is 0 Å². The van der Waals surface area contributed by atoms with Crippen LogP contribution < -0.4 is 4.90 Å². The molecule has 0 bridgehead atoms. The fraction of sp³-hybridized carbons (Fsp3) is 0.462. The molecule has 1 aliphatic rings. The van der Waals surface area contributed by atoms with Gasteiger partial charge in [0.2, 0.25) is 0 Å². The third-order valence-corrected chi connectivity index (χ3v) is 3.12. The number of ketones is 1. The highest BCUT2D eigenvalue weighted by molar-refractivity contribution is 5.99. The minimum absolute atomic E-state index is 0.0297. The number of hydrogen-bond acceptors (Lipinski definition) is 2. The van der Waals surface area contributed by atoms with Gasteiger partial charge in [-0.2, -0.15) is 0 Å². The van der Waals surface area contributed by atoms with Crippen molar-refractivity contribution in [2.75, 3.05) is 18.0 Å². The molecule has 1 aliphatic heterocycles. The summed E-state index contributed by atoms with van der Waals surface area (Å²) in [5.74, 6) is -2.58. The summed E-state index contributed by atoms with van der Waals surface area (Å²) in [5, 5.41) is 0. The molecule has 0 amide bonds. The number of halogens is 2. The van der Waals surface area contributed by atoms with Gasteiger partial charge in [-0.15, -0.1) is 0 Å². The zero-order chi connectivity index (χ0) is 12.5. The molecule has 1 saturated heterocycles. The Balaban J connectivity index is 2.21. The molecule has 0 unspecified atom stereocenters. The number of hydrogen-bond donors (Lipinski definition) is 0. The van der Waals surface area contributed by atoms with Crippen LogP contribution in [-0.4, -0.2) is 24.8 Å². The lowest BCUT2D eigenvalue weighted by Crippen LogP contribution is -2.39. The second-order valence-corrected chi connectivity index (χ2v) is 4.42. The first-order chi connectivity index (χ1) is 7.99. The zero-order valence-electron chi connectivity index (χ0n) is 9.75. The molecule has 92 valence electrons. The Morgan fingerprint density at radius 2 is 1.82 bits per heavy atom. The highest BCUT2D eigenvalue weighted by Gasteiger charge is 2.34. The maximum absolute atomic E-state index is 13.1. The number of para-hydroxylation sites is 1. The number of carbonyl (C=O) groups excluding carboxylic acids is 1. The van der Waals surface area contributed by atoms with Crippen molar-refractivity contribution < 1.29 is 13.6 Å². The van der Waals surface area contributed by atoms with Crippen LogP contribution in [0, 0.1) is 0 Å². The first-order valence-electron chi connectivity index (χ1n) is 5.72. The Hall–Kier alpha value is -1.45. The molecular weight excluding hydrogens is 224 g/mol. The van der Waals surface area contributed by atoms with Crippen molar-refractivity contribution in [3.8, 4) is 0 Å². The topological polar surface area (TPSA) is 20.3 Å². The summed E-state index contributed by atoms with van der Waals surface area (Å²) in [6, 6.07) is 7.18. The van der Waals surface area contributed by atoms with Gasteiger partial charge in [-0.25, -0.2) is 8.78 Å².